The Bertz CT molecular complexity index is 1060. The number of hydrogen-bond donors (Lipinski definition) is 2. The maximum atomic E-state index is 13.1. The average molecular weight is 474 g/mol. The second-order valence-electron chi connectivity index (χ2n) is 7.31. The van der Waals surface area contributed by atoms with Crippen LogP contribution < -0.4 is 20.1 Å². The highest BCUT2D eigenvalue weighted by molar-refractivity contribution is 9.10. The summed E-state index contributed by atoms with van der Waals surface area (Å²) in [7, 11) is 0. The Morgan fingerprint density at radius 3 is 2.63 bits per heavy atom. The molecule has 1 saturated heterocycles. The largest absolute Gasteiger partial charge is 0.486 e. The maximum absolute atomic E-state index is 13.1. The number of anilines is 1. The highest BCUT2D eigenvalue weighted by Crippen LogP contribution is 2.36. The number of hydrogen-bond acceptors (Lipinski definition) is 5. The fraction of sp³-hybridized carbons (Fsp3) is 0.286. The van der Waals surface area contributed by atoms with Gasteiger partial charge < -0.3 is 20.1 Å². The standard InChI is InChI=1S/C21H20BrN3O5/c1-12-9-14(22)4-5-15(12)23-18(26)11-25-19(27)21(2,24-20(25)28)13-3-6-16-17(10-13)30-8-7-29-16/h3-6,9-10H,7-8,11H2,1-2H3,(H,23,26)(H,24,28). The number of amides is 4. The van der Waals surface area contributed by atoms with Gasteiger partial charge in [-0.05, 0) is 55.3 Å². The number of nitrogens with zero attached hydrogens (tertiary/aromatic N) is 1. The van der Waals surface area contributed by atoms with Gasteiger partial charge in [0.25, 0.3) is 5.91 Å². The molecule has 2 aliphatic heterocycles. The summed E-state index contributed by atoms with van der Waals surface area (Å²) in [4.78, 5) is 39.0. The van der Waals surface area contributed by atoms with E-state index in [0.717, 1.165) is 14.9 Å². The molecule has 1 unspecified atom stereocenters. The first-order valence-corrected chi connectivity index (χ1v) is 10.2. The number of ether oxygens (including phenoxy) is 2. The van der Waals surface area contributed by atoms with Crippen LogP contribution in [0.2, 0.25) is 0 Å². The number of aryl methyl sites for hydroxylation is 1. The van der Waals surface area contributed by atoms with Gasteiger partial charge in [-0.25, -0.2) is 4.79 Å². The molecule has 1 fully saturated rings. The van der Waals surface area contributed by atoms with Crippen molar-refractivity contribution in [3.8, 4) is 11.5 Å². The van der Waals surface area contributed by atoms with Gasteiger partial charge in [-0.1, -0.05) is 22.0 Å². The lowest BCUT2D eigenvalue weighted by Crippen LogP contribution is -2.42. The molecule has 0 saturated carbocycles. The molecular weight excluding hydrogens is 454 g/mol. The number of carbonyl (C=O) groups excluding carboxylic acids is 3. The lowest BCUT2D eigenvalue weighted by Gasteiger charge is -2.25. The summed E-state index contributed by atoms with van der Waals surface area (Å²) >= 11 is 3.37. The van der Waals surface area contributed by atoms with Gasteiger partial charge >= 0.3 is 6.03 Å². The third kappa shape index (κ3) is 3.60. The molecule has 0 spiro atoms. The molecule has 2 aromatic rings. The maximum Gasteiger partial charge on any atom is 0.325 e. The third-order valence-electron chi connectivity index (χ3n) is 5.16. The minimum Gasteiger partial charge on any atom is -0.486 e. The van der Waals surface area contributed by atoms with Crippen molar-refractivity contribution in [1.82, 2.24) is 10.2 Å². The van der Waals surface area contributed by atoms with Crippen LogP contribution in [0.4, 0.5) is 10.5 Å². The number of nitrogens with one attached hydrogen (secondary N) is 2. The fourth-order valence-corrected chi connectivity index (χ4v) is 3.97. The van der Waals surface area contributed by atoms with E-state index in [2.05, 4.69) is 26.6 Å². The first-order valence-electron chi connectivity index (χ1n) is 9.38. The van der Waals surface area contributed by atoms with E-state index in [9.17, 15) is 14.4 Å². The summed E-state index contributed by atoms with van der Waals surface area (Å²) in [5, 5.41) is 5.44. The van der Waals surface area contributed by atoms with E-state index in [1.807, 2.05) is 13.0 Å². The van der Waals surface area contributed by atoms with Crippen molar-refractivity contribution in [2.75, 3.05) is 25.1 Å². The summed E-state index contributed by atoms with van der Waals surface area (Å²) in [6.07, 6.45) is 0. The van der Waals surface area contributed by atoms with Crippen LogP contribution in [0.5, 0.6) is 11.5 Å². The number of urea groups is 1. The molecule has 2 aliphatic rings. The molecule has 0 bridgehead atoms. The molecule has 30 heavy (non-hydrogen) atoms. The summed E-state index contributed by atoms with van der Waals surface area (Å²) in [5.74, 6) is 0.137. The zero-order chi connectivity index (χ0) is 21.5. The number of carbonyl (C=O) groups is 3. The predicted molar refractivity (Wildman–Crippen MR) is 113 cm³/mol. The van der Waals surface area contributed by atoms with Crippen LogP contribution in [0, 0.1) is 6.92 Å². The molecule has 0 radical (unpaired) electrons. The van der Waals surface area contributed by atoms with E-state index in [0.29, 0.717) is 36.0 Å². The number of rotatable bonds is 4. The van der Waals surface area contributed by atoms with Gasteiger partial charge in [0.2, 0.25) is 5.91 Å². The van der Waals surface area contributed by atoms with Gasteiger partial charge in [0.05, 0.1) is 0 Å². The van der Waals surface area contributed by atoms with Crippen LogP contribution >= 0.6 is 15.9 Å². The zero-order valence-corrected chi connectivity index (χ0v) is 18.0. The van der Waals surface area contributed by atoms with Gasteiger partial charge in [-0.15, -0.1) is 0 Å². The minimum atomic E-state index is -1.30. The van der Waals surface area contributed by atoms with E-state index in [1.165, 1.54) is 0 Å². The molecule has 8 nitrogen and oxygen atoms in total. The first-order chi connectivity index (χ1) is 14.3. The minimum absolute atomic E-state index is 0.389. The van der Waals surface area contributed by atoms with Crippen LogP contribution in [0.25, 0.3) is 0 Å². The van der Waals surface area contributed by atoms with Gasteiger partial charge in [-0.2, -0.15) is 0 Å². The Morgan fingerprint density at radius 2 is 1.90 bits per heavy atom. The van der Waals surface area contributed by atoms with Crippen molar-refractivity contribution in [2.24, 2.45) is 0 Å². The lowest BCUT2D eigenvalue weighted by atomic mass is 9.91. The Labute approximate surface area is 181 Å². The average Bonchev–Trinajstić information content (AvgIpc) is 2.94. The molecule has 2 aromatic carbocycles. The van der Waals surface area contributed by atoms with Crippen molar-refractivity contribution in [1.29, 1.82) is 0 Å². The third-order valence-corrected chi connectivity index (χ3v) is 5.65. The molecule has 2 N–H and O–H groups in total. The van der Waals surface area contributed by atoms with E-state index in [1.54, 1.807) is 37.3 Å². The summed E-state index contributed by atoms with van der Waals surface area (Å²) in [6.45, 7) is 3.94. The highest BCUT2D eigenvalue weighted by atomic mass is 79.9. The van der Waals surface area contributed by atoms with Crippen molar-refractivity contribution in [3.63, 3.8) is 0 Å². The van der Waals surface area contributed by atoms with E-state index < -0.39 is 23.4 Å². The predicted octanol–water partition coefficient (Wildman–Crippen LogP) is 2.93. The van der Waals surface area contributed by atoms with Crippen LogP contribution in [-0.2, 0) is 15.1 Å². The Kier molecular flexibility index (Phi) is 5.15. The number of benzene rings is 2. The number of imide groups is 1. The van der Waals surface area contributed by atoms with Crippen molar-refractivity contribution in [2.45, 2.75) is 19.4 Å². The van der Waals surface area contributed by atoms with Crippen LogP contribution in [0.3, 0.4) is 0 Å². The van der Waals surface area contributed by atoms with Gasteiger partial charge in [-0.3, -0.25) is 14.5 Å². The Hall–Kier alpha value is -3.07. The molecule has 9 heteroatoms. The molecule has 0 aliphatic carbocycles. The van der Waals surface area contributed by atoms with Crippen molar-refractivity contribution in [3.05, 3.63) is 52.0 Å². The number of halogens is 1. The first kappa shape index (κ1) is 20.2. The summed E-state index contributed by atoms with van der Waals surface area (Å²) in [6, 6.07) is 9.89. The topological polar surface area (TPSA) is 97.0 Å². The van der Waals surface area contributed by atoms with Crippen molar-refractivity contribution < 1.29 is 23.9 Å². The Balaban J connectivity index is 1.51. The van der Waals surface area contributed by atoms with Crippen molar-refractivity contribution >= 4 is 39.5 Å². The molecule has 156 valence electrons. The van der Waals surface area contributed by atoms with Gasteiger partial charge in [0.1, 0.15) is 25.3 Å². The van der Waals surface area contributed by atoms with E-state index in [-0.39, 0.29) is 6.54 Å². The molecule has 4 amide bonds. The molecule has 2 heterocycles. The summed E-state index contributed by atoms with van der Waals surface area (Å²) < 4.78 is 12.0. The fourth-order valence-electron chi connectivity index (χ4n) is 3.49. The molecule has 0 aromatic heterocycles. The monoisotopic (exact) mass is 473 g/mol. The zero-order valence-electron chi connectivity index (χ0n) is 16.5. The molecule has 4 rings (SSSR count). The van der Waals surface area contributed by atoms with Crippen LogP contribution in [0.1, 0.15) is 18.1 Å². The number of fused-ring (bicyclic) bond motifs is 1. The van der Waals surface area contributed by atoms with Gasteiger partial charge in [0.15, 0.2) is 11.5 Å². The lowest BCUT2D eigenvalue weighted by molar-refractivity contribution is -0.133. The Morgan fingerprint density at radius 1 is 1.17 bits per heavy atom. The smallest absolute Gasteiger partial charge is 0.325 e. The van der Waals surface area contributed by atoms with E-state index >= 15 is 0 Å². The second kappa shape index (κ2) is 7.64. The highest BCUT2D eigenvalue weighted by Gasteiger charge is 2.49. The normalized spacial score (nSPS) is 20.2. The molecule has 1 atom stereocenters. The van der Waals surface area contributed by atoms with Crippen LogP contribution in [0.15, 0.2) is 40.9 Å². The van der Waals surface area contributed by atoms with E-state index in [4.69, 9.17) is 9.47 Å². The second-order valence-corrected chi connectivity index (χ2v) is 8.23. The SMILES string of the molecule is Cc1cc(Br)ccc1NC(=O)CN1C(=O)NC(C)(c2ccc3c(c2)OCCO3)C1=O. The molecular formula is C21H20BrN3O5. The quantitative estimate of drug-likeness (QED) is 0.665. The summed E-state index contributed by atoms with van der Waals surface area (Å²) in [5.41, 5.74) is 0.721. The van der Waals surface area contributed by atoms with Crippen LogP contribution in [-0.4, -0.2) is 42.5 Å². The van der Waals surface area contributed by atoms with Gasteiger partial charge in [0, 0.05) is 10.2 Å².